The number of benzene rings is 1. The Bertz CT molecular complexity index is 408. The number of ether oxygens (including phenoxy) is 1. The Labute approximate surface area is 112 Å². The van der Waals surface area contributed by atoms with Gasteiger partial charge in [-0.25, -0.2) is 0 Å². The van der Waals surface area contributed by atoms with Crippen molar-refractivity contribution in [3.05, 3.63) is 29.3 Å². The van der Waals surface area contributed by atoms with Gasteiger partial charge in [0.1, 0.15) is 5.75 Å². The molecule has 5 heteroatoms. The number of thioether (sulfide) groups is 1. The SMILES string of the molecule is COc1ccc(CN)cc1CSCC(=O)N(C)C. The average molecular weight is 268 g/mol. The van der Waals surface area contributed by atoms with E-state index >= 15 is 0 Å². The van der Waals surface area contributed by atoms with Crippen LogP contribution < -0.4 is 10.5 Å². The Morgan fingerprint density at radius 2 is 2.17 bits per heavy atom. The molecule has 0 spiro atoms. The second-order valence-corrected chi connectivity index (χ2v) is 5.12. The highest BCUT2D eigenvalue weighted by Crippen LogP contribution is 2.24. The van der Waals surface area contributed by atoms with Crippen LogP contribution in [0.15, 0.2) is 18.2 Å². The molecule has 0 saturated carbocycles. The Hall–Kier alpha value is -1.20. The lowest BCUT2D eigenvalue weighted by Crippen LogP contribution is -2.23. The molecule has 0 bridgehead atoms. The highest BCUT2D eigenvalue weighted by atomic mass is 32.2. The van der Waals surface area contributed by atoms with Gasteiger partial charge in [0.25, 0.3) is 0 Å². The van der Waals surface area contributed by atoms with Crippen molar-refractivity contribution in [2.24, 2.45) is 5.73 Å². The number of amides is 1. The number of carbonyl (C=O) groups is 1. The number of methoxy groups -OCH3 is 1. The van der Waals surface area contributed by atoms with Gasteiger partial charge in [0, 0.05) is 32.0 Å². The molecule has 0 radical (unpaired) electrons. The molecule has 0 aromatic heterocycles. The van der Waals surface area contributed by atoms with Crippen LogP contribution >= 0.6 is 11.8 Å². The lowest BCUT2D eigenvalue weighted by atomic mass is 10.1. The zero-order valence-electron chi connectivity index (χ0n) is 11.1. The summed E-state index contributed by atoms with van der Waals surface area (Å²) < 4.78 is 5.30. The molecule has 0 saturated heterocycles. The van der Waals surface area contributed by atoms with E-state index in [4.69, 9.17) is 10.5 Å². The van der Waals surface area contributed by atoms with Gasteiger partial charge >= 0.3 is 0 Å². The Morgan fingerprint density at radius 3 is 2.72 bits per heavy atom. The number of nitrogens with two attached hydrogens (primary N) is 1. The quantitative estimate of drug-likeness (QED) is 0.849. The second kappa shape index (κ2) is 7.28. The smallest absolute Gasteiger partial charge is 0.232 e. The number of nitrogens with zero attached hydrogens (tertiary/aromatic N) is 1. The summed E-state index contributed by atoms with van der Waals surface area (Å²) in [5.41, 5.74) is 7.77. The number of rotatable bonds is 6. The molecule has 1 aromatic rings. The first-order valence-corrected chi connectivity index (χ1v) is 6.87. The molecule has 18 heavy (non-hydrogen) atoms. The Morgan fingerprint density at radius 1 is 1.44 bits per heavy atom. The fraction of sp³-hybridized carbons (Fsp3) is 0.462. The maximum Gasteiger partial charge on any atom is 0.232 e. The van der Waals surface area contributed by atoms with Crippen molar-refractivity contribution in [3.8, 4) is 5.75 Å². The van der Waals surface area contributed by atoms with Gasteiger partial charge in [0.2, 0.25) is 5.91 Å². The third-order valence-electron chi connectivity index (χ3n) is 2.56. The van der Waals surface area contributed by atoms with Crippen LogP contribution in [0.3, 0.4) is 0 Å². The normalized spacial score (nSPS) is 10.2. The van der Waals surface area contributed by atoms with Crippen molar-refractivity contribution >= 4 is 17.7 Å². The van der Waals surface area contributed by atoms with Crippen LogP contribution in [0.4, 0.5) is 0 Å². The van der Waals surface area contributed by atoms with Crippen LogP contribution in [0.5, 0.6) is 5.75 Å². The van der Waals surface area contributed by atoms with Crippen LogP contribution in [0, 0.1) is 0 Å². The first kappa shape index (κ1) is 14.9. The third-order valence-corrected chi connectivity index (χ3v) is 3.53. The summed E-state index contributed by atoms with van der Waals surface area (Å²) in [4.78, 5) is 13.1. The topological polar surface area (TPSA) is 55.6 Å². The molecule has 1 aromatic carbocycles. The molecular weight excluding hydrogens is 248 g/mol. The fourth-order valence-electron chi connectivity index (χ4n) is 1.45. The number of hydrogen-bond acceptors (Lipinski definition) is 4. The minimum Gasteiger partial charge on any atom is -0.496 e. The van der Waals surface area contributed by atoms with Crippen LogP contribution in [-0.2, 0) is 17.1 Å². The first-order chi connectivity index (χ1) is 8.58. The van der Waals surface area contributed by atoms with Gasteiger partial charge in [0.15, 0.2) is 0 Å². The summed E-state index contributed by atoms with van der Waals surface area (Å²) in [7, 11) is 5.17. The van der Waals surface area contributed by atoms with Crippen molar-refractivity contribution in [1.29, 1.82) is 0 Å². The molecule has 0 atom stereocenters. The Kier molecular flexibility index (Phi) is 6.01. The number of hydrogen-bond donors (Lipinski definition) is 1. The molecule has 4 nitrogen and oxygen atoms in total. The van der Waals surface area contributed by atoms with E-state index in [1.165, 1.54) is 0 Å². The van der Waals surface area contributed by atoms with Gasteiger partial charge in [-0.2, -0.15) is 0 Å². The van der Waals surface area contributed by atoms with E-state index < -0.39 is 0 Å². The molecule has 1 amide bonds. The van der Waals surface area contributed by atoms with Gasteiger partial charge in [-0.05, 0) is 17.7 Å². The van der Waals surface area contributed by atoms with E-state index in [-0.39, 0.29) is 5.91 Å². The highest BCUT2D eigenvalue weighted by molar-refractivity contribution is 7.99. The lowest BCUT2D eigenvalue weighted by Gasteiger charge is -2.12. The molecule has 2 N–H and O–H groups in total. The molecule has 0 unspecified atom stereocenters. The maximum atomic E-state index is 11.5. The highest BCUT2D eigenvalue weighted by Gasteiger charge is 2.07. The summed E-state index contributed by atoms with van der Waals surface area (Å²) in [6.07, 6.45) is 0. The van der Waals surface area contributed by atoms with E-state index in [1.54, 1.807) is 37.9 Å². The molecule has 0 aliphatic rings. The Balaban J connectivity index is 2.62. The summed E-state index contributed by atoms with van der Waals surface area (Å²) in [6, 6.07) is 5.91. The van der Waals surface area contributed by atoms with E-state index in [1.807, 2.05) is 18.2 Å². The fourth-order valence-corrected chi connectivity index (χ4v) is 2.43. The standard InChI is InChI=1S/C13H20N2O2S/c1-15(2)13(16)9-18-8-11-6-10(7-14)4-5-12(11)17-3/h4-6H,7-9,14H2,1-3H3. The molecule has 0 fully saturated rings. The van der Waals surface area contributed by atoms with Crippen molar-refractivity contribution < 1.29 is 9.53 Å². The zero-order valence-corrected chi connectivity index (χ0v) is 11.9. The van der Waals surface area contributed by atoms with Crippen LogP contribution in [0.1, 0.15) is 11.1 Å². The van der Waals surface area contributed by atoms with Gasteiger partial charge in [-0.3, -0.25) is 4.79 Å². The molecule has 0 aliphatic heterocycles. The molecule has 100 valence electrons. The average Bonchev–Trinajstić information content (AvgIpc) is 2.38. The third kappa shape index (κ3) is 4.23. The van der Waals surface area contributed by atoms with Crippen LogP contribution in [-0.4, -0.2) is 37.8 Å². The van der Waals surface area contributed by atoms with E-state index in [2.05, 4.69) is 0 Å². The van der Waals surface area contributed by atoms with E-state index in [9.17, 15) is 4.79 Å². The van der Waals surface area contributed by atoms with Crippen LogP contribution in [0.25, 0.3) is 0 Å². The predicted molar refractivity (Wildman–Crippen MR) is 75.7 cm³/mol. The maximum absolute atomic E-state index is 11.5. The van der Waals surface area contributed by atoms with E-state index in [0.717, 1.165) is 22.6 Å². The minimum absolute atomic E-state index is 0.119. The van der Waals surface area contributed by atoms with Gasteiger partial charge < -0.3 is 15.4 Å². The second-order valence-electron chi connectivity index (χ2n) is 4.13. The molecule has 1 rings (SSSR count). The molecular formula is C13H20N2O2S. The van der Waals surface area contributed by atoms with Crippen LogP contribution in [0.2, 0.25) is 0 Å². The largest absolute Gasteiger partial charge is 0.496 e. The van der Waals surface area contributed by atoms with E-state index in [0.29, 0.717) is 12.3 Å². The summed E-state index contributed by atoms with van der Waals surface area (Å²) in [5.74, 6) is 2.19. The van der Waals surface area contributed by atoms with Crippen molar-refractivity contribution in [3.63, 3.8) is 0 Å². The van der Waals surface area contributed by atoms with Gasteiger partial charge in [0.05, 0.1) is 12.9 Å². The lowest BCUT2D eigenvalue weighted by molar-refractivity contribution is -0.125. The monoisotopic (exact) mass is 268 g/mol. The summed E-state index contributed by atoms with van der Waals surface area (Å²) in [5, 5.41) is 0. The summed E-state index contributed by atoms with van der Waals surface area (Å²) in [6.45, 7) is 0.512. The van der Waals surface area contributed by atoms with Crippen molar-refractivity contribution in [2.45, 2.75) is 12.3 Å². The van der Waals surface area contributed by atoms with Crippen molar-refractivity contribution in [2.75, 3.05) is 27.0 Å². The minimum atomic E-state index is 0.119. The summed E-state index contributed by atoms with van der Waals surface area (Å²) >= 11 is 1.58. The van der Waals surface area contributed by atoms with Gasteiger partial charge in [-0.1, -0.05) is 6.07 Å². The molecule has 0 aliphatic carbocycles. The zero-order chi connectivity index (χ0) is 13.5. The van der Waals surface area contributed by atoms with Gasteiger partial charge in [-0.15, -0.1) is 11.8 Å². The first-order valence-electron chi connectivity index (χ1n) is 5.72. The predicted octanol–water partition coefficient (Wildman–Crippen LogP) is 1.48. The number of carbonyl (C=O) groups excluding carboxylic acids is 1. The molecule has 0 heterocycles. The van der Waals surface area contributed by atoms with Crippen molar-refractivity contribution in [1.82, 2.24) is 4.90 Å².